The van der Waals surface area contributed by atoms with E-state index in [0.717, 1.165) is 0 Å². The summed E-state index contributed by atoms with van der Waals surface area (Å²) >= 11 is 0. The van der Waals surface area contributed by atoms with Gasteiger partial charge < -0.3 is 11.1 Å². The number of amides is 1. The third-order valence-electron chi connectivity index (χ3n) is 3.10. The fourth-order valence-electron chi connectivity index (χ4n) is 2.07. The molecule has 1 aliphatic rings. The maximum Gasteiger partial charge on any atom is 0.227 e. The van der Waals surface area contributed by atoms with Gasteiger partial charge in [0.05, 0.1) is 5.92 Å². The zero-order chi connectivity index (χ0) is 13.0. The van der Waals surface area contributed by atoms with Crippen LogP contribution in [0.1, 0.15) is 12.0 Å². The summed E-state index contributed by atoms with van der Waals surface area (Å²) in [6.45, 7) is 0.444. The maximum atomic E-state index is 13.3. The molecular formula is C14H17FN2O. The lowest BCUT2D eigenvalue weighted by Gasteiger charge is -2.10. The van der Waals surface area contributed by atoms with E-state index in [1.54, 1.807) is 18.2 Å². The Balaban J connectivity index is 1.77. The molecule has 3 N–H and O–H groups in total. The van der Waals surface area contributed by atoms with Gasteiger partial charge in [-0.25, -0.2) is 4.39 Å². The predicted molar refractivity (Wildman–Crippen MR) is 68.3 cm³/mol. The standard InChI is InChI=1S/C14H17FN2O/c15-13-4-2-1-3-10(13)7-8-17-14(18)11-5-6-12(16)9-11/h1-6,11-12H,7-9,16H2,(H,17,18). The van der Waals surface area contributed by atoms with Crippen molar-refractivity contribution in [3.05, 3.63) is 47.8 Å². The summed E-state index contributed by atoms with van der Waals surface area (Å²) in [5, 5.41) is 2.81. The van der Waals surface area contributed by atoms with Crippen molar-refractivity contribution in [2.75, 3.05) is 6.54 Å². The zero-order valence-corrected chi connectivity index (χ0v) is 10.1. The maximum absolute atomic E-state index is 13.3. The van der Waals surface area contributed by atoms with Crippen molar-refractivity contribution in [2.24, 2.45) is 11.7 Å². The van der Waals surface area contributed by atoms with Crippen molar-refractivity contribution in [1.29, 1.82) is 0 Å². The first-order chi connectivity index (χ1) is 8.66. The summed E-state index contributed by atoms with van der Waals surface area (Å²) in [5.41, 5.74) is 6.31. The second kappa shape index (κ2) is 5.78. The summed E-state index contributed by atoms with van der Waals surface area (Å²) in [4.78, 5) is 11.8. The Hall–Kier alpha value is -1.68. The van der Waals surface area contributed by atoms with Crippen molar-refractivity contribution in [3.8, 4) is 0 Å². The number of nitrogens with two attached hydrogens (primary N) is 1. The minimum absolute atomic E-state index is 0.0210. The predicted octanol–water partition coefficient (Wildman–Crippen LogP) is 1.39. The van der Waals surface area contributed by atoms with Crippen LogP contribution in [0.5, 0.6) is 0 Å². The van der Waals surface area contributed by atoms with Crippen LogP contribution in [-0.4, -0.2) is 18.5 Å². The Morgan fingerprint density at radius 3 is 2.83 bits per heavy atom. The van der Waals surface area contributed by atoms with Crippen molar-refractivity contribution >= 4 is 5.91 Å². The molecule has 2 atom stereocenters. The molecule has 2 rings (SSSR count). The van der Waals surface area contributed by atoms with Crippen molar-refractivity contribution in [3.63, 3.8) is 0 Å². The van der Waals surface area contributed by atoms with Gasteiger partial charge in [-0.1, -0.05) is 30.4 Å². The summed E-state index contributed by atoms with van der Waals surface area (Å²) in [6.07, 6.45) is 4.84. The van der Waals surface area contributed by atoms with Crippen LogP contribution in [0.4, 0.5) is 4.39 Å². The summed E-state index contributed by atoms with van der Waals surface area (Å²) in [6, 6.07) is 6.58. The highest BCUT2D eigenvalue weighted by Gasteiger charge is 2.22. The molecule has 0 spiro atoms. The number of benzene rings is 1. The summed E-state index contributed by atoms with van der Waals surface area (Å²) in [7, 11) is 0. The minimum atomic E-state index is -0.227. The van der Waals surface area contributed by atoms with Gasteiger partial charge >= 0.3 is 0 Å². The molecule has 1 aromatic rings. The van der Waals surface area contributed by atoms with E-state index >= 15 is 0 Å². The van der Waals surface area contributed by atoms with Crippen LogP contribution in [0.15, 0.2) is 36.4 Å². The van der Waals surface area contributed by atoms with Gasteiger partial charge in [-0.2, -0.15) is 0 Å². The second-order valence-corrected chi connectivity index (χ2v) is 4.52. The molecule has 0 radical (unpaired) electrons. The van der Waals surface area contributed by atoms with Crippen LogP contribution in [0.2, 0.25) is 0 Å². The highest BCUT2D eigenvalue weighted by molar-refractivity contribution is 5.81. The van der Waals surface area contributed by atoms with Crippen LogP contribution in [0.25, 0.3) is 0 Å². The quantitative estimate of drug-likeness (QED) is 0.791. The van der Waals surface area contributed by atoms with Gasteiger partial charge in [0.1, 0.15) is 5.82 Å². The van der Waals surface area contributed by atoms with E-state index in [0.29, 0.717) is 24.9 Å². The Kier molecular flexibility index (Phi) is 4.10. The molecular weight excluding hydrogens is 231 g/mol. The van der Waals surface area contributed by atoms with Crippen LogP contribution in [-0.2, 0) is 11.2 Å². The minimum Gasteiger partial charge on any atom is -0.355 e. The van der Waals surface area contributed by atoms with Gasteiger partial charge in [-0.15, -0.1) is 0 Å². The van der Waals surface area contributed by atoms with E-state index < -0.39 is 0 Å². The molecule has 1 aromatic carbocycles. The Labute approximate surface area is 106 Å². The molecule has 4 heteroatoms. The first-order valence-electron chi connectivity index (χ1n) is 6.12. The fourth-order valence-corrected chi connectivity index (χ4v) is 2.07. The zero-order valence-electron chi connectivity index (χ0n) is 10.1. The molecule has 2 unspecified atom stereocenters. The number of halogens is 1. The lowest BCUT2D eigenvalue weighted by molar-refractivity contribution is -0.123. The van der Waals surface area contributed by atoms with Crippen LogP contribution in [0, 0.1) is 11.7 Å². The molecule has 1 aliphatic carbocycles. The molecule has 0 saturated carbocycles. The van der Waals surface area contributed by atoms with Crippen molar-refractivity contribution in [2.45, 2.75) is 18.9 Å². The second-order valence-electron chi connectivity index (χ2n) is 4.52. The van der Waals surface area contributed by atoms with Crippen LogP contribution < -0.4 is 11.1 Å². The van der Waals surface area contributed by atoms with Gasteiger partial charge in [0.25, 0.3) is 0 Å². The number of hydrogen-bond donors (Lipinski definition) is 2. The van der Waals surface area contributed by atoms with Crippen LogP contribution in [0.3, 0.4) is 0 Å². The summed E-state index contributed by atoms with van der Waals surface area (Å²) in [5.74, 6) is -0.398. The molecule has 0 aliphatic heterocycles. The normalized spacial score (nSPS) is 22.1. The first-order valence-corrected chi connectivity index (χ1v) is 6.12. The molecule has 96 valence electrons. The average Bonchev–Trinajstić information content (AvgIpc) is 2.78. The Morgan fingerprint density at radius 2 is 2.17 bits per heavy atom. The Bertz CT molecular complexity index is 459. The topological polar surface area (TPSA) is 55.1 Å². The van der Waals surface area contributed by atoms with E-state index in [1.807, 2.05) is 12.2 Å². The molecule has 18 heavy (non-hydrogen) atoms. The lowest BCUT2D eigenvalue weighted by Crippen LogP contribution is -2.32. The number of nitrogens with one attached hydrogen (secondary N) is 1. The molecule has 0 fully saturated rings. The monoisotopic (exact) mass is 248 g/mol. The third-order valence-corrected chi connectivity index (χ3v) is 3.10. The molecule has 0 heterocycles. The number of carbonyl (C=O) groups is 1. The van der Waals surface area contributed by atoms with Crippen molar-refractivity contribution < 1.29 is 9.18 Å². The van der Waals surface area contributed by atoms with Crippen molar-refractivity contribution in [1.82, 2.24) is 5.32 Å². The smallest absolute Gasteiger partial charge is 0.227 e. The average molecular weight is 248 g/mol. The molecule has 1 amide bonds. The number of hydrogen-bond acceptors (Lipinski definition) is 2. The third kappa shape index (κ3) is 3.17. The van der Waals surface area contributed by atoms with E-state index in [1.165, 1.54) is 6.07 Å². The first kappa shape index (κ1) is 12.8. The van der Waals surface area contributed by atoms with Gasteiger partial charge in [0.15, 0.2) is 0 Å². The van der Waals surface area contributed by atoms with E-state index in [-0.39, 0.29) is 23.7 Å². The van der Waals surface area contributed by atoms with Gasteiger partial charge in [0, 0.05) is 12.6 Å². The molecule has 0 aromatic heterocycles. The van der Waals surface area contributed by atoms with Gasteiger partial charge in [0.2, 0.25) is 5.91 Å². The SMILES string of the molecule is NC1C=CC(C(=O)NCCc2ccccc2F)C1. The van der Waals surface area contributed by atoms with E-state index in [9.17, 15) is 9.18 Å². The molecule has 0 saturated heterocycles. The van der Waals surface area contributed by atoms with Crippen LogP contribution >= 0.6 is 0 Å². The summed E-state index contributed by atoms with van der Waals surface area (Å²) < 4.78 is 13.3. The van der Waals surface area contributed by atoms with Gasteiger partial charge in [-0.05, 0) is 24.5 Å². The largest absolute Gasteiger partial charge is 0.355 e. The number of carbonyl (C=O) groups excluding carboxylic acids is 1. The van der Waals surface area contributed by atoms with Gasteiger partial charge in [-0.3, -0.25) is 4.79 Å². The number of rotatable bonds is 4. The highest BCUT2D eigenvalue weighted by Crippen LogP contribution is 2.16. The molecule has 3 nitrogen and oxygen atoms in total. The highest BCUT2D eigenvalue weighted by atomic mass is 19.1. The Morgan fingerprint density at radius 1 is 1.39 bits per heavy atom. The van der Waals surface area contributed by atoms with E-state index in [4.69, 9.17) is 5.73 Å². The molecule has 0 bridgehead atoms. The van der Waals surface area contributed by atoms with E-state index in [2.05, 4.69) is 5.32 Å². The lowest BCUT2D eigenvalue weighted by atomic mass is 10.1. The fraction of sp³-hybridized carbons (Fsp3) is 0.357.